The van der Waals surface area contributed by atoms with E-state index in [1.165, 1.54) is 11.8 Å². The zero-order valence-electron chi connectivity index (χ0n) is 13.4. The lowest BCUT2D eigenvalue weighted by molar-refractivity contribution is -0.384. The second-order valence-corrected chi connectivity index (χ2v) is 6.86. The molecule has 0 bridgehead atoms. The molecule has 0 saturated carbocycles. The fourth-order valence-corrected chi connectivity index (χ4v) is 3.58. The van der Waals surface area contributed by atoms with E-state index in [0.29, 0.717) is 24.1 Å². The van der Waals surface area contributed by atoms with E-state index in [2.05, 4.69) is 15.3 Å². The molecule has 0 atom stereocenters. The van der Waals surface area contributed by atoms with E-state index >= 15 is 0 Å². The van der Waals surface area contributed by atoms with E-state index < -0.39 is 4.92 Å². The molecule has 0 amide bonds. The van der Waals surface area contributed by atoms with Crippen LogP contribution in [-0.4, -0.2) is 34.1 Å². The van der Waals surface area contributed by atoms with Crippen molar-refractivity contribution in [1.82, 2.24) is 9.97 Å². The van der Waals surface area contributed by atoms with Crippen molar-refractivity contribution in [3.05, 3.63) is 51.2 Å². The van der Waals surface area contributed by atoms with Crippen LogP contribution in [0.4, 0.5) is 11.5 Å². The van der Waals surface area contributed by atoms with Gasteiger partial charge in [0.25, 0.3) is 0 Å². The molecule has 2 aromatic rings. The van der Waals surface area contributed by atoms with E-state index in [1.54, 1.807) is 0 Å². The number of nitrogens with zero attached hydrogens (tertiary/aromatic N) is 3. The van der Waals surface area contributed by atoms with Crippen LogP contribution >= 0.6 is 23.4 Å². The fourth-order valence-electron chi connectivity index (χ4n) is 2.49. The Bertz CT molecular complexity index is 742. The lowest BCUT2D eigenvalue weighted by Crippen LogP contribution is -2.28. The van der Waals surface area contributed by atoms with Crippen LogP contribution < -0.4 is 5.32 Å². The Morgan fingerprint density at radius 3 is 2.68 bits per heavy atom. The fraction of sp³-hybridized carbons (Fsp3) is 0.375. The first-order valence-electron chi connectivity index (χ1n) is 7.86. The minimum atomic E-state index is -0.546. The van der Waals surface area contributed by atoms with Gasteiger partial charge in [-0.1, -0.05) is 53.7 Å². The molecule has 1 aliphatic rings. The van der Waals surface area contributed by atoms with Gasteiger partial charge in [-0.2, -0.15) is 4.98 Å². The van der Waals surface area contributed by atoms with Crippen molar-refractivity contribution in [1.29, 1.82) is 0 Å². The molecule has 3 rings (SSSR count). The maximum atomic E-state index is 11.3. The Kier molecular flexibility index (Phi) is 6.06. The van der Waals surface area contributed by atoms with Gasteiger partial charge in [0.1, 0.15) is 0 Å². The number of nitrogens with one attached hydrogen (secondary N) is 1. The molecule has 0 unspecified atom stereocenters. The third kappa shape index (κ3) is 4.81. The molecule has 25 heavy (non-hydrogen) atoms. The van der Waals surface area contributed by atoms with E-state index in [4.69, 9.17) is 16.3 Å². The number of hydrogen-bond acceptors (Lipinski definition) is 7. The van der Waals surface area contributed by atoms with Gasteiger partial charge in [0.15, 0.2) is 5.16 Å². The van der Waals surface area contributed by atoms with Crippen LogP contribution in [0.2, 0.25) is 5.15 Å². The molecule has 132 valence electrons. The quantitative estimate of drug-likeness (QED) is 0.267. The van der Waals surface area contributed by atoms with Crippen molar-refractivity contribution < 1.29 is 9.66 Å². The number of benzene rings is 1. The molecular weight excluding hydrogens is 364 g/mol. The summed E-state index contributed by atoms with van der Waals surface area (Å²) in [7, 11) is 0. The van der Waals surface area contributed by atoms with Gasteiger partial charge in [0.2, 0.25) is 11.0 Å². The molecule has 1 aliphatic heterocycles. The summed E-state index contributed by atoms with van der Waals surface area (Å²) in [6, 6.07) is 9.94. The predicted molar refractivity (Wildman–Crippen MR) is 97.2 cm³/mol. The Labute approximate surface area is 154 Å². The molecule has 0 radical (unpaired) electrons. The second-order valence-electron chi connectivity index (χ2n) is 5.56. The zero-order chi connectivity index (χ0) is 17.6. The molecule has 1 aromatic carbocycles. The van der Waals surface area contributed by atoms with Crippen molar-refractivity contribution in [2.24, 2.45) is 0 Å². The topological polar surface area (TPSA) is 90.2 Å². The minimum absolute atomic E-state index is 0.0744. The minimum Gasteiger partial charge on any atom is -0.381 e. The molecule has 7 nitrogen and oxygen atoms in total. The normalized spacial score (nSPS) is 15.1. The number of rotatable bonds is 6. The van der Waals surface area contributed by atoms with Gasteiger partial charge in [0, 0.05) is 25.0 Å². The SMILES string of the molecule is O=[N+]([O-])c1c(Cl)nc(SCc2ccccc2)nc1NC1CCOCC1. The van der Waals surface area contributed by atoms with E-state index in [9.17, 15) is 10.1 Å². The number of thioether (sulfide) groups is 1. The van der Waals surface area contributed by atoms with Gasteiger partial charge in [-0.3, -0.25) is 10.1 Å². The second kappa shape index (κ2) is 8.46. The van der Waals surface area contributed by atoms with Crippen LogP contribution in [-0.2, 0) is 10.5 Å². The summed E-state index contributed by atoms with van der Waals surface area (Å²) < 4.78 is 5.31. The summed E-state index contributed by atoms with van der Waals surface area (Å²) >= 11 is 7.45. The Morgan fingerprint density at radius 1 is 1.28 bits per heavy atom. The maximum absolute atomic E-state index is 11.3. The highest BCUT2D eigenvalue weighted by molar-refractivity contribution is 7.98. The maximum Gasteiger partial charge on any atom is 0.348 e. The van der Waals surface area contributed by atoms with Gasteiger partial charge in [-0.05, 0) is 18.4 Å². The number of ether oxygens (including phenoxy) is 1. The van der Waals surface area contributed by atoms with Gasteiger partial charge in [-0.15, -0.1) is 0 Å². The number of anilines is 1. The monoisotopic (exact) mass is 380 g/mol. The summed E-state index contributed by atoms with van der Waals surface area (Å²) in [4.78, 5) is 19.2. The highest BCUT2D eigenvalue weighted by atomic mass is 35.5. The van der Waals surface area contributed by atoms with Crippen molar-refractivity contribution in [3.8, 4) is 0 Å². The Hall–Kier alpha value is -1.90. The first-order valence-corrected chi connectivity index (χ1v) is 9.23. The molecular formula is C16H17ClN4O3S. The molecule has 9 heteroatoms. The average molecular weight is 381 g/mol. The number of aromatic nitrogens is 2. The number of halogens is 1. The molecule has 1 N–H and O–H groups in total. The lowest BCUT2D eigenvalue weighted by Gasteiger charge is -2.23. The van der Waals surface area contributed by atoms with E-state index in [0.717, 1.165) is 18.4 Å². The zero-order valence-corrected chi connectivity index (χ0v) is 14.9. The van der Waals surface area contributed by atoms with Crippen LogP contribution in [0, 0.1) is 10.1 Å². The molecule has 0 aliphatic carbocycles. The van der Waals surface area contributed by atoms with Crippen LogP contribution in [0.25, 0.3) is 0 Å². The van der Waals surface area contributed by atoms with Crippen LogP contribution in [0.5, 0.6) is 0 Å². The van der Waals surface area contributed by atoms with Crippen LogP contribution in [0.3, 0.4) is 0 Å². The molecule has 0 spiro atoms. The number of hydrogen-bond donors (Lipinski definition) is 1. The van der Waals surface area contributed by atoms with Crippen molar-refractivity contribution in [2.45, 2.75) is 29.8 Å². The van der Waals surface area contributed by atoms with Gasteiger partial charge in [0.05, 0.1) is 4.92 Å². The van der Waals surface area contributed by atoms with Crippen LogP contribution in [0.15, 0.2) is 35.5 Å². The average Bonchev–Trinajstić information content (AvgIpc) is 2.61. The third-order valence-corrected chi connectivity index (χ3v) is 4.96. The Balaban J connectivity index is 1.80. The van der Waals surface area contributed by atoms with E-state index in [-0.39, 0.29) is 22.7 Å². The first-order chi connectivity index (χ1) is 12.1. The summed E-state index contributed by atoms with van der Waals surface area (Å²) in [5.74, 6) is 0.832. The van der Waals surface area contributed by atoms with Gasteiger partial charge < -0.3 is 10.1 Å². The first kappa shape index (κ1) is 17.9. The summed E-state index contributed by atoms with van der Waals surface area (Å²) in [5, 5.41) is 14.7. The summed E-state index contributed by atoms with van der Waals surface area (Å²) in [5.41, 5.74) is 0.835. The molecule has 1 saturated heterocycles. The van der Waals surface area contributed by atoms with Crippen molar-refractivity contribution >= 4 is 34.9 Å². The summed E-state index contributed by atoms with van der Waals surface area (Å²) in [6.45, 7) is 1.25. The van der Waals surface area contributed by atoms with Crippen molar-refractivity contribution in [2.75, 3.05) is 18.5 Å². The van der Waals surface area contributed by atoms with Gasteiger partial charge in [-0.25, -0.2) is 4.98 Å². The standard InChI is InChI=1S/C16H17ClN4O3S/c17-14-13(21(22)23)15(18-12-6-8-24-9-7-12)20-16(19-14)25-10-11-4-2-1-3-5-11/h1-5,12H,6-10H2,(H,18,19,20). The summed E-state index contributed by atoms with van der Waals surface area (Å²) in [6.07, 6.45) is 1.54. The molecule has 1 aromatic heterocycles. The van der Waals surface area contributed by atoms with Crippen molar-refractivity contribution in [3.63, 3.8) is 0 Å². The molecule has 2 heterocycles. The highest BCUT2D eigenvalue weighted by Crippen LogP contribution is 2.33. The smallest absolute Gasteiger partial charge is 0.348 e. The number of nitro groups is 1. The highest BCUT2D eigenvalue weighted by Gasteiger charge is 2.26. The lowest BCUT2D eigenvalue weighted by atomic mass is 10.1. The Morgan fingerprint density at radius 2 is 2.00 bits per heavy atom. The molecule has 1 fully saturated rings. The largest absolute Gasteiger partial charge is 0.381 e. The van der Waals surface area contributed by atoms with E-state index in [1.807, 2.05) is 30.3 Å². The van der Waals surface area contributed by atoms with Gasteiger partial charge >= 0.3 is 5.69 Å². The predicted octanol–water partition coefficient (Wildman–Crippen LogP) is 3.92. The third-order valence-electron chi connectivity index (χ3n) is 3.78. The van der Waals surface area contributed by atoms with Crippen LogP contribution in [0.1, 0.15) is 18.4 Å².